The quantitative estimate of drug-likeness (QED) is 0.727. The summed E-state index contributed by atoms with van der Waals surface area (Å²) >= 11 is 0. The van der Waals surface area contributed by atoms with Crippen LogP contribution in [0.5, 0.6) is 0 Å². The highest BCUT2D eigenvalue weighted by Crippen LogP contribution is 2.15. The van der Waals surface area contributed by atoms with Crippen LogP contribution in [0.2, 0.25) is 0 Å². The van der Waals surface area contributed by atoms with E-state index in [1.165, 1.54) is 0 Å². The second-order valence-electron chi connectivity index (χ2n) is 6.81. The minimum Gasteiger partial charge on any atom is -0.349 e. The first kappa shape index (κ1) is 18.6. The lowest BCUT2D eigenvalue weighted by atomic mass is 9.91. The number of carbonyl (C=O) groups is 1. The van der Waals surface area contributed by atoms with Gasteiger partial charge in [0.25, 0.3) is 0 Å². The van der Waals surface area contributed by atoms with E-state index in [1.54, 1.807) is 0 Å². The predicted octanol–water partition coefficient (Wildman–Crippen LogP) is 0.435. The van der Waals surface area contributed by atoms with E-state index in [0.717, 1.165) is 18.1 Å². The molecule has 0 fully saturated rings. The van der Waals surface area contributed by atoms with Gasteiger partial charge in [0, 0.05) is 19.1 Å². The molecular weight excluding hydrogens is 280 g/mol. The molecule has 1 aromatic rings. The van der Waals surface area contributed by atoms with Crippen LogP contribution in [-0.4, -0.2) is 51.2 Å². The van der Waals surface area contributed by atoms with Crippen LogP contribution in [0.25, 0.3) is 0 Å². The van der Waals surface area contributed by atoms with Crippen molar-refractivity contribution in [3.8, 4) is 0 Å². The zero-order valence-corrected chi connectivity index (χ0v) is 14.7. The highest BCUT2D eigenvalue weighted by Gasteiger charge is 2.26. The zero-order chi connectivity index (χ0) is 16.9. The minimum atomic E-state index is -0.354. The Hall–Kier alpha value is -1.47. The summed E-state index contributed by atoms with van der Waals surface area (Å²) in [5.74, 6) is 2.17. The number of nitrogens with zero attached hydrogens (tertiary/aromatic N) is 4. The molecule has 7 nitrogen and oxygen atoms in total. The number of nitrogens with one attached hydrogen (secondary N) is 1. The van der Waals surface area contributed by atoms with Crippen LogP contribution in [0.15, 0.2) is 0 Å². The SMILES string of the molecule is Cc1nnc(CN(C)CC(=O)NC(C)(CN)CC(C)C)n1C. The average Bonchev–Trinajstić information content (AvgIpc) is 2.69. The summed E-state index contributed by atoms with van der Waals surface area (Å²) in [6, 6.07) is 0. The molecule has 0 spiro atoms. The van der Waals surface area contributed by atoms with E-state index in [0.29, 0.717) is 25.6 Å². The summed E-state index contributed by atoms with van der Waals surface area (Å²) in [6.07, 6.45) is 0.863. The van der Waals surface area contributed by atoms with E-state index in [4.69, 9.17) is 5.73 Å². The van der Waals surface area contributed by atoms with Gasteiger partial charge in [0.2, 0.25) is 5.91 Å². The van der Waals surface area contributed by atoms with Crippen LogP contribution in [0.4, 0.5) is 0 Å². The van der Waals surface area contributed by atoms with Gasteiger partial charge in [0.15, 0.2) is 0 Å². The van der Waals surface area contributed by atoms with Gasteiger partial charge in [-0.15, -0.1) is 10.2 Å². The first-order chi connectivity index (χ1) is 10.2. The molecule has 1 heterocycles. The van der Waals surface area contributed by atoms with Crippen molar-refractivity contribution in [2.24, 2.45) is 18.7 Å². The van der Waals surface area contributed by atoms with Gasteiger partial charge in [-0.1, -0.05) is 13.8 Å². The summed E-state index contributed by atoms with van der Waals surface area (Å²) in [4.78, 5) is 14.2. The van der Waals surface area contributed by atoms with Crippen molar-refractivity contribution in [1.29, 1.82) is 0 Å². The van der Waals surface area contributed by atoms with Crippen molar-refractivity contribution >= 4 is 5.91 Å². The molecule has 0 bridgehead atoms. The summed E-state index contributed by atoms with van der Waals surface area (Å²) < 4.78 is 1.93. The molecule has 1 unspecified atom stereocenters. The number of hydrogen-bond acceptors (Lipinski definition) is 5. The molecule has 0 saturated carbocycles. The lowest BCUT2D eigenvalue weighted by Crippen LogP contribution is -2.54. The molecule has 1 atom stereocenters. The Morgan fingerprint density at radius 3 is 2.55 bits per heavy atom. The molecule has 1 aromatic heterocycles. The second-order valence-corrected chi connectivity index (χ2v) is 6.81. The summed E-state index contributed by atoms with van der Waals surface area (Å²) in [6.45, 7) is 9.47. The minimum absolute atomic E-state index is 0.0185. The Kier molecular flexibility index (Phi) is 6.49. The first-order valence-electron chi connectivity index (χ1n) is 7.71. The van der Waals surface area contributed by atoms with Crippen LogP contribution in [0, 0.1) is 12.8 Å². The maximum absolute atomic E-state index is 12.2. The van der Waals surface area contributed by atoms with Crippen molar-refractivity contribution < 1.29 is 4.79 Å². The normalized spacial score (nSPS) is 14.4. The second kappa shape index (κ2) is 7.69. The molecule has 0 saturated heterocycles. The van der Waals surface area contributed by atoms with Gasteiger partial charge in [-0.2, -0.15) is 0 Å². The van der Waals surface area contributed by atoms with Crippen LogP contribution < -0.4 is 11.1 Å². The van der Waals surface area contributed by atoms with Crippen molar-refractivity contribution in [3.63, 3.8) is 0 Å². The molecular formula is C15H30N6O. The van der Waals surface area contributed by atoms with Gasteiger partial charge in [-0.05, 0) is 33.2 Å². The Labute approximate surface area is 133 Å². The third-order valence-corrected chi connectivity index (χ3v) is 3.76. The molecule has 22 heavy (non-hydrogen) atoms. The number of carbonyl (C=O) groups excluding carboxylic acids is 1. The summed E-state index contributed by atoms with van der Waals surface area (Å²) in [5.41, 5.74) is 5.48. The fourth-order valence-electron chi connectivity index (χ4n) is 2.59. The predicted molar refractivity (Wildman–Crippen MR) is 87.1 cm³/mol. The highest BCUT2D eigenvalue weighted by molar-refractivity contribution is 5.78. The number of likely N-dealkylation sites (N-methyl/N-ethyl adjacent to an activating group) is 1. The van der Waals surface area contributed by atoms with Gasteiger partial charge < -0.3 is 15.6 Å². The number of hydrogen-bond donors (Lipinski definition) is 2. The van der Waals surface area contributed by atoms with E-state index in [9.17, 15) is 4.79 Å². The Morgan fingerprint density at radius 2 is 2.09 bits per heavy atom. The largest absolute Gasteiger partial charge is 0.349 e. The standard InChI is InChI=1S/C15H30N6O/c1-11(2)7-15(4,10-16)17-14(22)9-20(5)8-13-19-18-12(3)21(13)6/h11H,7-10,16H2,1-6H3,(H,17,22). The van der Waals surface area contributed by atoms with E-state index in [1.807, 2.05) is 37.4 Å². The fourth-order valence-corrected chi connectivity index (χ4v) is 2.59. The molecule has 0 aliphatic rings. The third-order valence-electron chi connectivity index (χ3n) is 3.76. The number of nitrogens with two attached hydrogens (primary N) is 1. The van der Waals surface area contributed by atoms with E-state index >= 15 is 0 Å². The van der Waals surface area contributed by atoms with Gasteiger partial charge >= 0.3 is 0 Å². The number of amides is 1. The molecule has 0 aliphatic carbocycles. The molecule has 1 amide bonds. The van der Waals surface area contributed by atoms with E-state index in [-0.39, 0.29) is 11.4 Å². The Morgan fingerprint density at radius 1 is 1.45 bits per heavy atom. The van der Waals surface area contributed by atoms with Crippen LogP contribution in [-0.2, 0) is 18.4 Å². The van der Waals surface area contributed by atoms with Crippen LogP contribution in [0.1, 0.15) is 38.8 Å². The maximum atomic E-state index is 12.2. The number of aryl methyl sites for hydroxylation is 1. The van der Waals surface area contributed by atoms with E-state index in [2.05, 4.69) is 29.4 Å². The molecule has 3 N–H and O–H groups in total. The van der Waals surface area contributed by atoms with E-state index < -0.39 is 0 Å². The fraction of sp³-hybridized carbons (Fsp3) is 0.800. The monoisotopic (exact) mass is 310 g/mol. The number of aromatic nitrogens is 3. The average molecular weight is 310 g/mol. The molecule has 0 aromatic carbocycles. The molecule has 1 rings (SSSR count). The van der Waals surface area contributed by atoms with Gasteiger partial charge in [-0.3, -0.25) is 9.69 Å². The molecule has 0 radical (unpaired) electrons. The van der Waals surface area contributed by atoms with Crippen LogP contribution >= 0.6 is 0 Å². The van der Waals surface area contributed by atoms with Gasteiger partial charge in [-0.25, -0.2) is 0 Å². The van der Waals surface area contributed by atoms with Crippen molar-refractivity contribution in [2.45, 2.75) is 46.2 Å². The van der Waals surface area contributed by atoms with Crippen molar-refractivity contribution in [3.05, 3.63) is 11.6 Å². The van der Waals surface area contributed by atoms with Crippen molar-refractivity contribution in [1.82, 2.24) is 25.0 Å². The smallest absolute Gasteiger partial charge is 0.234 e. The van der Waals surface area contributed by atoms with Gasteiger partial charge in [0.05, 0.1) is 13.1 Å². The molecule has 0 aliphatic heterocycles. The van der Waals surface area contributed by atoms with Crippen LogP contribution in [0.3, 0.4) is 0 Å². The van der Waals surface area contributed by atoms with Crippen molar-refractivity contribution in [2.75, 3.05) is 20.1 Å². The summed E-state index contributed by atoms with van der Waals surface area (Å²) in [7, 11) is 3.82. The number of rotatable bonds is 8. The molecule has 7 heteroatoms. The highest BCUT2D eigenvalue weighted by atomic mass is 16.2. The first-order valence-corrected chi connectivity index (χ1v) is 7.71. The van der Waals surface area contributed by atoms with Gasteiger partial charge in [0.1, 0.15) is 11.6 Å². The third kappa shape index (κ3) is 5.38. The Balaban J connectivity index is 2.55. The molecule has 126 valence electrons. The Bertz CT molecular complexity index is 498. The maximum Gasteiger partial charge on any atom is 0.234 e. The lowest BCUT2D eigenvalue weighted by molar-refractivity contribution is -0.123. The topological polar surface area (TPSA) is 89.1 Å². The zero-order valence-electron chi connectivity index (χ0n) is 14.7. The lowest BCUT2D eigenvalue weighted by Gasteiger charge is -2.32. The summed E-state index contributed by atoms with van der Waals surface area (Å²) in [5, 5.41) is 11.2.